The predicted molar refractivity (Wildman–Crippen MR) is 161 cm³/mol. The minimum atomic E-state index is -0.973. The molecule has 2 saturated heterocycles. The smallest absolute Gasteiger partial charge is 0.197 e. The number of carbonyl (C=O) groups is 1. The van der Waals surface area contributed by atoms with Crippen molar-refractivity contribution in [2.45, 2.75) is 43.2 Å². The summed E-state index contributed by atoms with van der Waals surface area (Å²) in [6, 6.07) is 25.8. The Bertz CT molecular complexity index is 1470. The predicted octanol–water partition coefficient (Wildman–Crippen LogP) is 7.45. The number of para-hydroxylation sites is 2. The van der Waals surface area contributed by atoms with Gasteiger partial charge in [0.15, 0.2) is 17.7 Å². The molecule has 3 aromatic carbocycles. The Balaban J connectivity index is 1.43. The normalized spacial score (nSPS) is 25.2. The lowest BCUT2D eigenvalue weighted by molar-refractivity contribution is -0.205. The molecule has 3 fully saturated rings. The van der Waals surface area contributed by atoms with E-state index in [1.165, 1.54) is 0 Å². The van der Waals surface area contributed by atoms with Crippen LogP contribution < -0.4 is 9.47 Å². The second-order valence-corrected chi connectivity index (χ2v) is 10.5. The highest BCUT2D eigenvalue weighted by Gasteiger charge is 2.66. The zero-order valence-electron chi connectivity index (χ0n) is 23.4. The molecule has 1 spiro atoms. The fraction of sp³-hybridized carbons (Fsp3) is 0.250. The monoisotopic (exact) mass is 546 g/mol. The maximum absolute atomic E-state index is 13.5. The first-order valence-corrected chi connectivity index (χ1v) is 14.1. The number of hydrogen-bond acceptors (Lipinski definition) is 5. The van der Waals surface area contributed by atoms with Gasteiger partial charge in [0.1, 0.15) is 17.1 Å². The van der Waals surface area contributed by atoms with Gasteiger partial charge in [-0.1, -0.05) is 103 Å². The van der Waals surface area contributed by atoms with Crippen LogP contribution in [0.15, 0.2) is 114 Å². The summed E-state index contributed by atoms with van der Waals surface area (Å²) in [5.74, 6) is 0.719. The van der Waals surface area contributed by atoms with Crippen LogP contribution in [0.5, 0.6) is 11.5 Å². The molecule has 3 aromatic rings. The van der Waals surface area contributed by atoms with Crippen LogP contribution in [0.3, 0.4) is 0 Å². The summed E-state index contributed by atoms with van der Waals surface area (Å²) in [5.41, 5.74) is 4.01. The average Bonchev–Trinajstić information content (AvgIpc) is 3.51. The van der Waals surface area contributed by atoms with E-state index in [-0.39, 0.29) is 5.78 Å². The fourth-order valence-electron chi connectivity index (χ4n) is 6.27. The minimum Gasteiger partial charge on any atom is -0.496 e. The van der Waals surface area contributed by atoms with Crippen LogP contribution >= 0.6 is 0 Å². The topological polar surface area (TPSA) is 54.0 Å². The zero-order valence-corrected chi connectivity index (χ0v) is 23.4. The third kappa shape index (κ3) is 4.86. The van der Waals surface area contributed by atoms with Gasteiger partial charge in [-0.25, -0.2) is 0 Å². The van der Waals surface area contributed by atoms with E-state index in [2.05, 4.69) is 12.2 Å². The van der Waals surface area contributed by atoms with Crippen molar-refractivity contribution in [3.63, 3.8) is 0 Å². The quantitative estimate of drug-likeness (QED) is 0.308. The first-order chi connectivity index (χ1) is 20.1. The summed E-state index contributed by atoms with van der Waals surface area (Å²) in [5, 5.41) is 0. The summed E-state index contributed by atoms with van der Waals surface area (Å²) in [4.78, 5) is 13.5. The van der Waals surface area contributed by atoms with E-state index < -0.39 is 17.5 Å². The summed E-state index contributed by atoms with van der Waals surface area (Å²) in [6.07, 6.45) is 14.0. The number of methoxy groups -OCH3 is 2. The van der Waals surface area contributed by atoms with Crippen LogP contribution in [-0.4, -0.2) is 31.7 Å². The Morgan fingerprint density at radius 2 is 1.27 bits per heavy atom. The Kier molecular flexibility index (Phi) is 7.48. The molecule has 5 heteroatoms. The van der Waals surface area contributed by atoms with Crippen LogP contribution in [0.1, 0.15) is 42.4 Å². The average molecular weight is 547 g/mol. The summed E-state index contributed by atoms with van der Waals surface area (Å²) >= 11 is 0. The van der Waals surface area contributed by atoms with Gasteiger partial charge in [-0.15, -0.1) is 0 Å². The fourth-order valence-corrected chi connectivity index (χ4v) is 6.27. The van der Waals surface area contributed by atoms with Gasteiger partial charge in [-0.2, -0.15) is 0 Å². The largest absolute Gasteiger partial charge is 0.496 e. The number of rotatable bonds is 7. The molecule has 0 aromatic heterocycles. The van der Waals surface area contributed by atoms with Gasteiger partial charge in [0.25, 0.3) is 0 Å². The lowest BCUT2D eigenvalue weighted by Crippen LogP contribution is -2.45. The summed E-state index contributed by atoms with van der Waals surface area (Å²) in [6.45, 7) is 0. The van der Waals surface area contributed by atoms with Crippen molar-refractivity contribution in [1.29, 1.82) is 0 Å². The number of allylic oxidation sites excluding steroid dienone is 4. The first kappa shape index (κ1) is 27.0. The molecule has 208 valence electrons. The summed E-state index contributed by atoms with van der Waals surface area (Å²) < 4.78 is 24.8. The van der Waals surface area contributed by atoms with Gasteiger partial charge in [-0.05, 0) is 36.1 Å². The van der Waals surface area contributed by atoms with E-state index in [0.29, 0.717) is 12.8 Å². The maximum Gasteiger partial charge on any atom is 0.197 e. The van der Waals surface area contributed by atoms with Crippen LogP contribution in [-0.2, 0) is 20.1 Å². The number of fused-ring (bicyclic) bond motifs is 3. The van der Waals surface area contributed by atoms with Gasteiger partial charge >= 0.3 is 0 Å². The molecule has 0 radical (unpaired) electrons. The van der Waals surface area contributed by atoms with Gasteiger partial charge in [0.2, 0.25) is 0 Å². The van der Waals surface area contributed by atoms with Crippen LogP contribution in [0.25, 0.3) is 12.2 Å². The van der Waals surface area contributed by atoms with Crippen molar-refractivity contribution in [2.24, 2.45) is 0 Å². The molecule has 1 saturated carbocycles. The van der Waals surface area contributed by atoms with Crippen molar-refractivity contribution >= 4 is 17.9 Å². The van der Waals surface area contributed by atoms with E-state index in [9.17, 15) is 4.79 Å². The number of benzene rings is 3. The molecule has 3 aliphatic rings. The third-order valence-electron chi connectivity index (χ3n) is 8.25. The molecule has 5 nitrogen and oxygen atoms in total. The molecular weight excluding hydrogens is 512 g/mol. The standard InChI is InChI=1S/C36H34O5/c1-38-32-20-8-6-12-26(32)14-10-18-29-22-23-30(19-11-15-27-13-7-9-21-33(27)39-2)36(29)34-31(37)24-25-35(40-34,41-36)28-16-4-3-5-17-28/h3-21,34H,22-25H2,1-2H3/b14-10+,15-11+,29-18+,30-19+/t34-,35+/m0/s1. The van der Waals surface area contributed by atoms with Crippen molar-refractivity contribution in [3.8, 4) is 11.5 Å². The molecule has 0 unspecified atom stereocenters. The van der Waals surface area contributed by atoms with E-state index >= 15 is 0 Å². The van der Waals surface area contributed by atoms with Gasteiger partial charge in [0, 0.05) is 29.5 Å². The van der Waals surface area contributed by atoms with Crippen molar-refractivity contribution < 1.29 is 23.7 Å². The Hall–Kier alpha value is -4.19. The molecule has 1 aliphatic carbocycles. The Morgan fingerprint density at radius 3 is 1.83 bits per heavy atom. The SMILES string of the molecule is COc1ccccc1/C=C/C=C1\CC/C(=C\C=C\c2ccccc2OC)C12O[C@@]1(c3ccccc3)CCC(=O)[C@@H]2O1. The minimum absolute atomic E-state index is 0.0789. The Labute approximate surface area is 241 Å². The van der Waals surface area contributed by atoms with Crippen molar-refractivity contribution in [3.05, 3.63) is 131 Å². The number of ketones is 1. The molecule has 2 heterocycles. The highest BCUT2D eigenvalue weighted by Crippen LogP contribution is 2.59. The maximum atomic E-state index is 13.5. The number of carbonyl (C=O) groups excluding carboxylic acids is 1. The van der Waals surface area contributed by atoms with Crippen molar-refractivity contribution in [2.75, 3.05) is 14.2 Å². The molecule has 41 heavy (non-hydrogen) atoms. The molecule has 0 amide bonds. The lowest BCUT2D eigenvalue weighted by Gasteiger charge is -2.31. The van der Waals surface area contributed by atoms with E-state index in [1.54, 1.807) is 14.2 Å². The highest BCUT2D eigenvalue weighted by molar-refractivity contribution is 5.88. The van der Waals surface area contributed by atoms with Gasteiger partial charge < -0.3 is 18.9 Å². The molecule has 2 aliphatic heterocycles. The van der Waals surface area contributed by atoms with E-state index in [4.69, 9.17) is 18.9 Å². The zero-order chi connectivity index (χ0) is 28.3. The second kappa shape index (κ2) is 11.4. The number of ether oxygens (including phenoxy) is 4. The number of Topliss-reactive ketones (excluding diaryl/α,β-unsaturated/α-hetero) is 1. The van der Waals surface area contributed by atoms with E-state index in [1.807, 2.05) is 103 Å². The van der Waals surface area contributed by atoms with Crippen LogP contribution in [0, 0.1) is 0 Å². The van der Waals surface area contributed by atoms with Gasteiger partial charge in [0.05, 0.1) is 14.2 Å². The Morgan fingerprint density at radius 1 is 0.732 bits per heavy atom. The third-order valence-corrected chi connectivity index (χ3v) is 8.25. The van der Waals surface area contributed by atoms with Gasteiger partial charge in [-0.3, -0.25) is 4.79 Å². The molecule has 0 N–H and O–H groups in total. The lowest BCUT2D eigenvalue weighted by atomic mass is 9.83. The molecule has 2 atom stereocenters. The highest BCUT2D eigenvalue weighted by atomic mass is 16.8. The molecule has 2 bridgehead atoms. The second-order valence-electron chi connectivity index (χ2n) is 10.5. The van der Waals surface area contributed by atoms with Crippen LogP contribution in [0.2, 0.25) is 0 Å². The van der Waals surface area contributed by atoms with Crippen molar-refractivity contribution in [1.82, 2.24) is 0 Å². The number of hydrogen-bond donors (Lipinski definition) is 0. The molecular formula is C36H34O5. The first-order valence-electron chi connectivity index (χ1n) is 14.1. The molecule has 6 rings (SSSR count). The summed E-state index contributed by atoms with van der Waals surface area (Å²) in [7, 11) is 3.34. The van der Waals surface area contributed by atoms with E-state index in [0.717, 1.165) is 52.2 Å². The van der Waals surface area contributed by atoms with Crippen LogP contribution in [0.4, 0.5) is 0 Å².